The SMILES string of the molecule is CSCCC(NC(=O)NC(C)CN1CCCCC1)C(=O)O. The first-order valence-corrected chi connectivity index (χ1v) is 8.93. The molecule has 1 aliphatic rings. The molecule has 122 valence electrons. The fourth-order valence-electron chi connectivity index (χ4n) is 2.49. The van der Waals surface area contributed by atoms with Crippen molar-refractivity contribution in [3.63, 3.8) is 0 Å². The zero-order chi connectivity index (χ0) is 15.7. The minimum Gasteiger partial charge on any atom is -0.480 e. The highest BCUT2D eigenvalue weighted by atomic mass is 32.2. The fourth-order valence-corrected chi connectivity index (χ4v) is 2.96. The van der Waals surface area contributed by atoms with Gasteiger partial charge in [0.25, 0.3) is 0 Å². The van der Waals surface area contributed by atoms with Crippen molar-refractivity contribution in [2.24, 2.45) is 0 Å². The molecular weight excluding hydrogens is 290 g/mol. The van der Waals surface area contributed by atoms with E-state index in [-0.39, 0.29) is 6.04 Å². The van der Waals surface area contributed by atoms with Gasteiger partial charge < -0.3 is 20.6 Å². The molecule has 1 heterocycles. The van der Waals surface area contributed by atoms with Crippen LogP contribution in [-0.2, 0) is 4.79 Å². The van der Waals surface area contributed by atoms with Gasteiger partial charge in [-0.2, -0.15) is 11.8 Å². The van der Waals surface area contributed by atoms with Crippen LogP contribution in [0.25, 0.3) is 0 Å². The zero-order valence-electron chi connectivity index (χ0n) is 12.9. The molecule has 1 fully saturated rings. The lowest BCUT2D eigenvalue weighted by atomic mass is 10.1. The van der Waals surface area contributed by atoms with Gasteiger partial charge in [0.2, 0.25) is 0 Å². The summed E-state index contributed by atoms with van der Waals surface area (Å²) in [6.45, 7) is 4.93. The van der Waals surface area contributed by atoms with Gasteiger partial charge in [-0.05, 0) is 51.3 Å². The maximum absolute atomic E-state index is 11.9. The van der Waals surface area contributed by atoms with Crippen LogP contribution in [0, 0.1) is 0 Å². The van der Waals surface area contributed by atoms with Crippen molar-refractivity contribution in [1.29, 1.82) is 0 Å². The molecule has 1 aliphatic heterocycles. The number of hydrogen-bond acceptors (Lipinski definition) is 4. The molecule has 3 N–H and O–H groups in total. The van der Waals surface area contributed by atoms with Crippen LogP contribution in [0.4, 0.5) is 4.79 Å². The van der Waals surface area contributed by atoms with Crippen LogP contribution >= 0.6 is 11.8 Å². The van der Waals surface area contributed by atoms with Crippen molar-refractivity contribution in [1.82, 2.24) is 15.5 Å². The molecule has 1 rings (SSSR count). The van der Waals surface area contributed by atoms with E-state index in [9.17, 15) is 9.59 Å². The number of amides is 2. The first-order valence-electron chi connectivity index (χ1n) is 7.54. The Morgan fingerprint density at radius 3 is 2.48 bits per heavy atom. The number of carboxylic acid groups (broad SMARTS) is 1. The Hall–Kier alpha value is -0.950. The molecule has 21 heavy (non-hydrogen) atoms. The lowest BCUT2D eigenvalue weighted by molar-refractivity contribution is -0.139. The maximum Gasteiger partial charge on any atom is 0.326 e. The first kappa shape index (κ1) is 18.1. The summed E-state index contributed by atoms with van der Waals surface area (Å²) in [5.41, 5.74) is 0. The van der Waals surface area contributed by atoms with Crippen molar-refractivity contribution in [3.8, 4) is 0 Å². The van der Waals surface area contributed by atoms with E-state index in [2.05, 4.69) is 15.5 Å². The average molecular weight is 317 g/mol. The quantitative estimate of drug-likeness (QED) is 0.630. The van der Waals surface area contributed by atoms with Crippen molar-refractivity contribution in [2.75, 3.05) is 31.6 Å². The number of rotatable bonds is 8. The highest BCUT2D eigenvalue weighted by molar-refractivity contribution is 7.98. The number of urea groups is 1. The van der Waals surface area contributed by atoms with E-state index in [1.165, 1.54) is 19.3 Å². The van der Waals surface area contributed by atoms with Crippen LogP contribution < -0.4 is 10.6 Å². The highest BCUT2D eigenvalue weighted by Crippen LogP contribution is 2.08. The summed E-state index contributed by atoms with van der Waals surface area (Å²) in [7, 11) is 0. The first-order chi connectivity index (χ1) is 10.0. The number of hydrogen-bond donors (Lipinski definition) is 3. The second-order valence-electron chi connectivity index (χ2n) is 5.55. The molecule has 1 saturated heterocycles. The summed E-state index contributed by atoms with van der Waals surface area (Å²) < 4.78 is 0. The van der Waals surface area contributed by atoms with E-state index in [1.54, 1.807) is 11.8 Å². The van der Waals surface area contributed by atoms with Crippen molar-refractivity contribution >= 4 is 23.8 Å². The Kier molecular flexibility index (Phi) is 8.52. The second-order valence-corrected chi connectivity index (χ2v) is 6.54. The number of thioether (sulfide) groups is 1. The molecule has 0 bridgehead atoms. The number of nitrogens with one attached hydrogen (secondary N) is 2. The van der Waals surface area contributed by atoms with Crippen LogP contribution in [0.3, 0.4) is 0 Å². The number of carbonyl (C=O) groups excluding carboxylic acids is 1. The molecule has 2 unspecified atom stereocenters. The normalized spacial score (nSPS) is 18.8. The predicted molar refractivity (Wildman–Crippen MR) is 85.8 cm³/mol. The Morgan fingerprint density at radius 1 is 1.24 bits per heavy atom. The number of carbonyl (C=O) groups is 2. The summed E-state index contributed by atoms with van der Waals surface area (Å²) in [6, 6.07) is -1.20. The molecule has 0 aromatic heterocycles. The molecular formula is C14H27N3O3S. The monoisotopic (exact) mass is 317 g/mol. The molecule has 0 spiro atoms. The number of aliphatic carboxylic acids is 1. The van der Waals surface area contributed by atoms with E-state index in [0.717, 1.165) is 19.6 Å². The number of likely N-dealkylation sites (tertiary alicyclic amines) is 1. The molecule has 2 atom stereocenters. The van der Waals surface area contributed by atoms with Gasteiger partial charge >= 0.3 is 12.0 Å². The Labute approximate surface area is 131 Å². The highest BCUT2D eigenvalue weighted by Gasteiger charge is 2.21. The molecule has 0 aliphatic carbocycles. The lowest BCUT2D eigenvalue weighted by Crippen LogP contribution is -2.51. The van der Waals surface area contributed by atoms with Gasteiger partial charge in [-0.15, -0.1) is 0 Å². The van der Waals surface area contributed by atoms with Crippen molar-refractivity contribution in [3.05, 3.63) is 0 Å². The predicted octanol–water partition coefficient (Wildman–Crippen LogP) is 1.37. The largest absolute Gasteiger partial charge is 0.480 e. The Bertz CT molecular complexity index is 335. The standard InChI is InChI=1S/C14H27N3O3S/c1-11(10-17-7-4-3-5-8-17)15-14(20)16-12(13(18)19)6-9-21-2/h11-12H,3-10H2,1-2H3,(H,18,19)(H2,15,16,20). The zero-order valence-corrected chi connectivity index (χ0v) is 13.7. The summed E-state index contributed by atoms with van der Waals surface area (Å²) in [4.78, 5) is 25.3. The van der Waals surface area contributed by atoms with Gasteiger partial charge in [-0.3, -0.25) is 0 Å². The summed E-state index contributed by atoms with van der Waals surface area (Å²) in [5, 5.41) is 14.4. The van der Waals surface area contributed by atoms with Gasteiger partial charge in [0, 0.05) is 12.6 Å². The summed E-state index contributed by atoms with van der Waals surface area (Å²) >= 11 is 1.57. The smallest absolute Gasteiger partial charge is 0.326 e. The molecule has 0 aromatic rings. The van der Waals surface area contributed by atoms with E-state index in [4.69, 9.17) is 5.11 Å². The average Bonchev–Trinajstić information content (AvgIpc) is 2.44. The number of piperidine rings is 1. The van der Waals surface area contributed by atoms with Gasteiger partial charge in [-0.1, -0.05) is 6.42 Å². The summed E-state index contributed by atoms with van der Waals surface area (Å²) in [5.74, 6) is -0.275. The van der Waals surface area contributed by atoms with Crippen LogP contribution in [0.2, 0.25) is 0 Å². The number of carboxylic acids is 1. The van der Waals surface area contributed by atoms with Gasteiger partial charge in [0.15, 0.2) is 0 Å². The van der Waals surface area contributed by atoms with Crippen LogP contribution in [0.15, 0.2) is 0 Å². The third-order valence-corrected chi connectivity index (χ3v) is 4.22. The minimum absolute atomic E-state index is 0.0121. The molecule has 0 aromatic carbocycles. The van der Waals surface area contributed by atoms with Crippen molar-refractivity contribution in [2.45, 2.75) is 44.7 Å². The number of nitrogens with zero attached hydrogens (tertiary/aromatic N) is 1. The topological polar surface area (TPSA) is 81.7 Å². The molecule has 2 amide bonds. The van der Waals surface area contributed by atoms with Crippen LogP contribution in [-0.4, -0.2) is 65.7 Å². The second kappa shape index (κ2) is 9.89. The van der Waals surface area contributed by atoms with E-state index in [0.29, 0.717) is 12.2 Å². The van der Waals surface area contributed by atoms with Gasteiger partial charge in [-0.25, -0.2) is 9.59 Å². The molecule has 6 nitrogen and oxygen atoms in total. The van der Waals surface area contributed by atoms with Crippen LogP contribution in [0.1, 0.15) is 32.6 Å². The minimum atomic E-state index is -0.983. The van der Waals surface area contributed by atoms with E-state index < -0.39 is 18.0 Å². The Morgan fingerprint density at radius 2 is 1.90 bits per heavy atom. The van der Waals surface area contributed by atoms with E-state index in [1.807, 2.05) is 13.2 Å². The third kappa shape index (κ3) is 7.57. The summed E-state index contributed by atoms with van der Waals surface area (Å²) in [6.07, 6.45) is 6.07. The Balaban J connectivity index is 2.31. The molecule has 0 radical (unpaired) electrons. The maximum atomic E-state index is 11.9. The van der Waals surface area contributed by atoms with E-state index >= 15 is 0 Å². The molecule has 0 saturated carbocycles. The third-order valence-electron chi connectivity index (χ3n) is 3.57. The molecule has 7 heteroatoms. The van der Waals surface area contributed by atoms with Crippen molar-refractivity contribution < 1.29 is 14.7 Å². The fraction of sp³-hybridized carbons (Fsp3) is 0.857. The van der Waals surface area contributed by atoms with Gasteiger partial charge in [0.1, 0.15) is 6.04 Å². The van der Waals surface area contributed by atoms with Crippen LogP contribution in [0.5, 0.6) is 0 Å². The van der Waals surface area contributed by atoms with Gasteiger partial charge in [0.05, 0.1) is 0 Å². The lowest BCUT2D eigenvalue weighted by Gasteiger charge is -2.29.